The standard InChI is InChI=1S/C18H30NO5P.C11H22NO6P.CH5P.V/c1-5-17-8-10-18(11-9-17)16-22-13-6-7-14-23-25(20,21)24-15-12-19(2,3)4;1-10(2)11(13)16-8-9-18-19(14,15)17-7-6-12(3,4)5;1-2;/h5,8-11H,1,6-7,12-16H2,2-4H3;1,6-9H2,2-5H3;2H2,1H3;. The Labute approximate surface area is 297 Å². The largest absolute Gasteiger partial charge is 0.756 e. The number of likely N-dealkylation sites (N-methyl/N-ethyl adjacent to an activating group) is 2. The van der Waals surface area contributed by atoms with Crippen LogP contribution in [0.3, 0.4) is 0 Å². The molecule has 0 saturated carbocycles. The molecule has 1 radical (unpaired) electrons. The van der Waals surface area contributed by atoms with E-state index in [1.165, 1.54) is 6.92 Å². The van der Waals surface area contributed by atoms with Gasteiger partial charge in [-0.1, -0.05) is 50.2 Å². The number of carbonyl (C=O) groups excluding carboxylic acids is 1. The molecule has 17 heteroatoms. The number of rotatable bonds is 22. The normalized spacial score (nSPS) is 13.7. The molecule has 0 heterocycles. The van der Waals surface area contributed by atoms with Crippen LogP contribution in [0.4, 0.5) is 0 Å². The Morgan fingerprint density at radius 3 is 1.64 bits per heavy atom. The third-order valence-corrected chi connectivity index (χ3v) is 7.35. The Bertz CT molecular complexity index is 1100. The number of nitrogens with zero attached hydrogens (tertiary/aromatic N) is 2. The fourth-order valence-electron chi connectivity index (χ4n) is 2.76. The Balaban J connectivity index is -0.000000793. The number of benzene rings is 1. The summed E-state index contributed by atoms with van der Waals surface area (Å²) in [6.45, 7) is 12.6. The second-order valence-corrected chi connectivity index (χ2v) is 14.7. The van der Waals surface area contributed by atoms with Gasteiger partial charge in [0.2, 0.25) is 0 Å². The maximum atomic E-state index is 11.6. The average Bonchev–Trinajstić information content (AvgIpc) is 2.94. The van der Waals surface area contributed by atoms with Gasteiger partial charge < -0.3 is 46.3 Å². The van der Waals surface area contributed by atoms with Gasteiger partial charge in [0.1, 0.15) is 32.9 Å². The van der Waals surface area contributed by atoms with Crippen molar-refractivity contribution in [3.05, 3.63) is 54.1 Å². The molecule has 0 aliphatic carbocycles. The number of carbonyl (C=O) groups is 1. The van der Waals surface area contributed by atoms with E-state index in [4.69, 9.17) is 13.8 Å². The van der Waals surface area contributed by atoms with Crippen molar-refractivity contribution in [2.45, 2.75) is 26.4 Å². The van der Waals surface area contributed by atoms with Crippen molar-refractivity contribution in [2.75, 3.05) is 102 Å². The zero-order chi connectivity index (χ0) is 35.9. The maximum absolute atomic E-state index is 11.6. The number of hydrogen-bond donors (Lipinski definition) is 0. The molecule has 0 fully saturated rings. The number of unbranched alkanes of at least 4 members (excludes halogenated alkanes) is 1. The van der Waals surface area contributed by atoms with E-state index >= 15 is 0 Å². The molecule has 0 N–H and O–H groups in total. The molecule has 273 valence electrons. The molecular formula is C30H57N2O11P3V. The SMILES string of the molecule is C=C(C)C(=O)OCCOP(=O)([O-])OCC[N+](C)(C)C.C=Cc1ccc(COCCCCOP(=O)([O-])OCC[N+](C)(C)C)cc1.CP.[V]. The molecule has 0 aromatic heterocycles. The Hall–Kier alpha value is -0.716. The van der Waals surface area contributed by atoms with Crippen LogP contribution in [0.25, 0.3) is 6.08 Å². The van der Waals surface area contributed by atoms with Gasteiger partial charge in [-0.15, -0.1) is 9.24 Å². The molecule has 0 saturated heterocycles. The second-order valence-electron chi connectivity index (χ2n) is 11.9. The predicted molar refractivity (Wildman–Crippen MR) is 182 cm³/mol. The van der Waals surface area contributed by atoms with Gasteiger partial charge in [0, 0.05) is 30.7 Å². The van der Waals surface area contributed by atoms with E-state index in [1.54, 1.807) is 6.08 Å². The minimum atomic E-state index is -4.34. The van der Waals surface area contributed by atoms with Crippen LogP contribution in [-0.4, -0.2) is 117 Å². The van der Waals surface area contributed by atoms with E-state index in [-0.39, 0.29) is 57.2 Å². The Morgan fingerprint density at radius 2 is 1.21 bits per heavy atom. The summed E-state index contributed by atoms with van der Waals surface area (Å²) in [5.41, 5.74) is 2.41. The smallest absolute Gasteiger partial charge is 0.333 e. The summed E-state index contributed by atoms with van der Waals surface area (Å²) >= 11 is 0. The van der Waals surface area contributed by atoms with Crippen molar-refractivity contribution in [2.24, 2.45) is 0 Å². The third kappa shape index (κ3) is 33.6. The van der Waals surface area contributed by atoms with Crippen LogP contribution in [0.15, 0.2) is 43.0 Å². The first kappa shape index (κ1) is 50.7. The number of hydrogen-bond acceptors (Lipinski definition) is 11. The van der Waals surface area contributed by atoms with Crippen LogP contribution < -0.4 is 9.79 Å². The summed E-state index contributed by atoms with van der Waals surface area (Å²) in [6, 6.07) is 7.98. The molecule has 1 aromatic carbocycles. The summed E-state index contributed by atoms with van der Waals surface area (Å²) in [4.78, 5) is 33.9. The molecule has 0 aliphatic rings. The van der Waals surface area contributed by atoms with Crippen LogP contribution >= 0.6 is 24.9 Å². The van der Waals surface area contributed by atoms with Gasteiger partial charge in [0.15, 0.2) is 0 Å². The summed E-state index contributed by atoms with van der Waals surface area (Å²) in [7, 11) is 5.52. The number of esters is 1. The maximum Gasteiger partial charge on any atom is 0.333 e. The minimum Gasteiger partial charge on any atom is -0.756 e. The fourth-order valence-corrected chi connectivity index (χ4v) is 4.17. The van der Waals surface area contributed by atoms with E-state index in [9.17, 15) is 23.7 Å². The van der Waals surface area contributed by atoms with Crippen LogP contribution in [0.5, 0.6) is 0 Å². The van der Waals surface area contributed by atoms with Crippen LogP contribution in [-0.2, 0) is 66.7 Å². The number of phosphoric acid groups is 2. The molecule has 13 nitrogen and oxygen atoms in total. The molecule has 1 aromatic rings. The molecule has 0 aliphatic heterocycles. The van der Waals surface area contributed by atoms with Crippen molar-refractivity contribution >= 4 is 36.9 Å². The molecule has 0 spiro atoms. The molecule has 47 heavy (non-hydrogen) atoms. The fraction of sp³-hybridized carbons (Fsp3) is 0.633. The van der Waals surface area contributed by atoms with Gasteiger partial charge >= 0.3 is 5.97 Å². The number of phosphoric ester groups is 2. The molecule has 3 unspecified atom stereocenters. The summed E-state index contributed by atoms with van der Waals surface area (Å²) in [5.74, 6) is -0.588. The minimum absolute atomic E-state index is 0. The molecule has 3 atom stereocenters. The molecular weight excluding hydrogens is 708 g/mol. The topological polar surface area (TPSA) is 153 Å². The van der Waals surface area contributed by atoms with Gasteiger partial charge in [-0.25, -0.2) is 4.79 Å². The van der Waals surface area contributed by atoms with Crippen molar-refractivity contribution in [1.29, 1.82) is 0 Å². The number of ether oxygens (including phenoxy) is 2. The van der Waals surface area contributed by atoms with Gasteiger partial charge in [-0.3, -0.25) is 9.13 Å². The van der Waals surface area contributed by atoms with E-state index in [0.29, 0.717) is 41.7 Å². The van der Waals surface area contributed by atoms with Crippen LogP contribution in [0.1, 0.15) is 30.9 Å². The van der Waals surface area contributed by atoms with Gasteiger partial charge in [-0.2, -0.15) is 0 Å². The Kier molecular flexibility index (Phi) is 29.2. The zero-order valence-electron chi connectivity index (χ0n) is 29.4. The summed E-state index contributed by atoms with van der Waals surface area (Å²) in [5, 5.41) is 0. The van der Waals surface area contributed by atoms with E-state index < -0.39 is 21.6 Å². The molecule has 1 rings (SSSR count). The summed E-state index contributed by atoms with van der Waals surface area (Å²) in [6.07, 6.45) is 3.12. The van der Waals surface area contributed by atoms with E-state index in [2.05, 4.69) is 36.2 Å². The molecule has 0 bridgehead atoms. The van der Waals surface area contributed by atoms with Gasteiger partial charge in [0.25, 0.3) is 15.6 Å². The van der Waals surface area contributed by atoms with Crippen LogP contribution in [0.2, 0.25) is 0 Å². The van der Waals surface area contributed by atoms with Gasteiger partial charge in [0.05, 0.1) is 62.1 Å². The predicted octanol–water partition coefficient (Wildman–Crippen LogP) is 3.64. The zero-order valence-corrected chi connectivity index (χ0v) is 33.7. The average molecular weight is 766 g/mol. The van der Waals surface area contributed by atoms with E-state index in [1.807, 2.05) is 73.2 Å². The summed E-state index contributed by atoms with van der Waals surface area (Å²) < 4.78 is 53.2. The quantitative estimate of drug-likeness (QED) is 0.0560. The second kappa shape index (κ2) is 27.1. The van der Waals surface area contributed by atoms with E-state index in [0.717, 1.165) is 17.5 Å². The van der Waals surface area contributed by atoms with Crippen molar-refractivity contribution in [3.63, 3.8) is 0 Å². The van der Waals surface area contributed by atoms with Crippen LogP contribution in [0, 0.1) is 0 Å². The Morgan fingerprint density at radius 1 is 0.787 bits per heavy atom. The van der Waals surface area contributed by atoms with Gasteiger partial charge in [-0.05, 0) is 30.9 Å². The van der Waals surface area contributed by atoms with Crippen molar-refractivity contribution < 1.29 is 78.8 Å². The first-order valence-corrected chi connectivity index (χ1v) is 18.8. The third-order valence-electron chi connectivity index (χ3n) is 5.35. The van der Waals surface area contributed by atoms with Crippen molar-refractivity contribution in [3.8, 4) is 0 Å². The number of quaternary nitrogens is 2. The first-order chi connectivity index (χ1) is 21.3. The monoisotopic (exact) mass is 765 g/mol. The molecule has 0 amide bonds. The first-order valence-electron chi connectivity index (χ1n) is 14.8. The van der Waals surface area contributed by atoms with Crippen molar-refractivity contribution in [1.82, 2.24) is 0 Å².